The molecule has 2 aromatic rings. The van der Waals surface area contributed by atoms with Crippen molar-refractivity contribution in [1.29, 1.82) is 0 Å². The molecule has 0 radical (unpaired) electrons. The fourth-order valence-corrected chi connectivity index (χ4v) is 4.72. The maximum atomic E-state index is 13.1. The Morgan fingerprint density at radius 2 is 1.88 bits per heavy atom. The summed E-state index contributed by atoms with van der Waals surface area (Å²) in [4.78, 5) is 35.7. The summed E-state index contributed by atoms with van der Waals surface area (Å²) in [5.74, 6) is 1.74. The number of hydrogen-bond acceptors (Lipinski definition) is 6. The number of carbonyl (C=O) groups excluding carboxylic acids is 2. The Hall–Kier alpha value is -3.13. The summed E-state index contributed by atoms with van der Waals surface area (Å²) in [6, 6.07) is 9.27. The lowest BCUT2D eigenvalue weighted by atomic mass is 10.1. The number of hydrogen-bond donors (Lipinski definition) is 0. The number of pyridine rings is 1. The van der Waals surface area contributed by atoms with Gasteiger partial charge >= 0.3 is 6.09 Å². The van der Waals surface area contributed by atoms with Gasteiger partial charge in [0.2, 0.25) is 0 Å². The van der Waals surface area contributed by atoms with Crippen LogP contribution in [0.2, 0.25) is 0 Å². The second-order valence-electron chi connectivity index (χ2n) is 9.07. The van der Waals surface area contributed by atoms with E-state index in [4.69, 9.17) is 14.5 Å². The Balaban J connectivity index is 1.21. The molecule has 1 saturated carbocycles. The van der Waals surface area contributed by atoms with E-state index in [2.05, 4.69) is 17.9 Å². The van der Waals surface area contributed by atoms with Crippen LogP contribution in [0.25, 0.3) is 0 Å². The van der Waals surface area contributed by atoms with Crippen LogP contribution < -0.4 is 9.80 Å². The molecule has 1 aliphatic carbocycles. The van der Waals surface area contributed by atoms with E-state index in [-0.39, 0.29) is 18.0 Å². The molecule has 1 aromatic carbocycles. The zero-order valence-electron chi connectivity index (χ0n) is 19.2. The summed E-state index contributed by atoms with van der Waals surface area (Å²) < 4.78 is 10.3. The molecule has 3 fully saturated rings. The number of ether oxygens (including phenoxy) is 2. The molecule has 2 aliphatic heterocycles. The van der Waals surface area contributed by atoms with Gasteiger partial charge in [0, 0.05) is 50.7 Å². The number of amides is 2. The molecule has 174 valence electrons. The van der Waals surface area contributed by atoms with Crippen molar-refractivity contribution in [3.8, 4) is 0 Å². The molecule has 2 amide bonds. The predicted octanol–water partition coefficient (Wildman–Crippen LogP) is 3.20. The summed E-state index contributed by atoms with van der Waals surface area (Å²) in [6.07, 6.45) is 4.18. The Kier molecular flexibility index (Phi) is 5.93. The number of methoxy groups -OCH3 is 1. The summed E-state index contributed by atoms with van der Waals surface area (Å²) in [5, 5.41) is 0. The average Bonchev–Trinajstić information content (AvgIpc) is 3.63. The Bertz CT molecular complexity index is 1030. The first kappa shape index (κ1) is 21.7. The maximum Gasteiger partial charge on any atom is 0.414 e. The number of piperazine rings is 1. The van der Waals surface area contributed by atoms with Crippen LogP contribution in [0.4, 0.5) is 16.3 Å². The van der Waals surface area contributed by atoms with Crippen molar-refractivity contribution in [2.45, 2.75) is 31.7 Å². The SMILES string of the molecule is COC[C@@H]1COC(=O)N1c1ccc(C(=O)N2CCN(c3ncc(C4CC4)cc3C)CC2)cc1. The van der Waals surface area contributed by atoms with Crippen molar-refractivity contribution < 1.29 is 19.1 Å². The first-order chi connectivity index (χ1) is 16.0. The number of nitrogens with zero attached hydrogens (tertiary/aromatic N) is 4. The number of aromatic nitrogens is 1. The standard InChI is InChI=1S/C25H30N4O4/c1-17-13-20(18-3-4-18)14-26-23(17)27-9-11-28(12-10-27)24(30)19-5-7-21(8-6-19)29-22(15-32-2)16-33-25(29)31/h5-8,13-14,18,22H,3-4,9-12,15-16H2,1-2H3/t22-/m1/s1. The lowest BCUT2D eigenvalue weighted by molar-refractivity contribution is 0.0746. The Labute approximate surface area is 194 Å². The molecule has 33 heavy (non-hydrogen) atoms. The van der Waals surface area contributed by atoms with Crippen molar-refractivity contribution in [2.75, 3.05) is 56.3 Å². The van der Waals surface area contributed by atoms with Crippen LogP contribution in [0.5, 0.6) is 0 Å². The summed E-state index contributed by atoms with van der Waals surface area (Å²) in [7, 11) is 1.60. The van der Waals surface area contributed by atoms with Gasteiger partial charge in [-0.2, -0.15) is 0 Å². The van der Waals surface area contributed by atoms with Crippen LogP contribution in [-0.2, 0) is 9.47 Å². The minimum Gasteiger partial charge on any atom is -0.447 e. The molecular weight excluding hydrogens is 420 g/mol. The van der Waals surface area contributed by atoms with Crippen molar-refractivity contribution in [3.05, 3.63) is 53.2 Å². The largest absolute Gasteiger partial charge is 0.447 e. The summed E-state index contributed by atoms with van der Waals surface area (Å²) >= 11 is 0. The Morgan fingerprint density at radius 1 is 1.15 bits per heavy atom. The lowest BCUT2D eigenvalue weighted by Crippen LogP contribution is -2.49. The molecule has 8 heteroatoms. The van der Waals surface area contributed by atoms with Gasteiger partial charge in [-0.3, -0.25) is 9.69 Å². The summed E-state index contributed by atoms with van der Waals surface area (Å²) in [5.41, 5.74) is 3.88. The fraction of sp³-hybridized carbons (Fsp3) is 0.480. The number of carbonyl (C=O) groups is 2. The smallest absolute Gasteiger partial charge is 0.414 e. The van der Waals surface area contributed by atoms with Gasteiger partial charge in [-0.15, -0.1) is 0 Å². The third-order valence-electron chi connectivity index (χ3n) is 6.70. The first-order valence-corrected chi connectivity index (χ1v) is 11.6. The van der Waals surface area contributed by atoms with Gasteiger partial charge in [0.05, 0.1) is 12.6 Å². The molecule has 0 unspecified atom stereocenters. The van der Waals surface area contributed by atoms with Crippen LogP contribution >= 0.6 is 0 Å². The molecule has 1 aromatic heterocycles. The van der Waals surface area contributed by atoms with Crippen LogP contribution in [-0.4, -0.2) is 74.4 Å². The minimum atomic E-state index is -0.388. The summed E-state index contributed by atoms with van der Waals surface area (Å²) in [6.45, 7) is 5.66. The van der Waals surface area contributed by atoms with Gasteiger partial charge in [0.25, 0.3) is 5.91 Å². The zero-order chi connectivity index (χ0) is 22.9. The van der Waals surface area contributed by atoms with Crippen molar-refractivity contribution in [2.24, 2.45) is 0 Å². The third kappa shape index (κ3) is 4.39. The van der Waals surface area contributed by atoms with Crippen molar-refractivity contribution in [1.82, 2.24) is 9.88 Å². The van der Waals surface area contributed by atoms with Gasteiger partial charge in [-0.1, -0.05) is 6.07 Å². The monoisotopic (exact) mass is 450 g/mol. The van der Waals surface area contributed by atoms with E-state index in [0.717, 1.165) is 18.9 Å². The Morgan fingerprint density at radius 3 is 2.52 bits per heavy atom. The minimum absolute atomic E-state index is 0.00685. The number of rotatable bonds is 6. The molecule has 0 spiro atoms. The van der Waals surface area contributed by atoms with Crippen LogP contribution in [0.3, 0.4) is 0 Å². The fourth-order valence-electron chi connectivity index (χ4n) is 4.72. The number of benzene rings is 1. The molecule has 0 N–H and O–H groups in total. The molecule has 1 atom stereocenters. The van der Waals surface area contributed by atoms with Crippen molar-refractivity contribution >= 4 is 23.5 Å². The number of anilines is 2. The quantitative estimate of drug-likeness (QED) is 0.673. The molecule has 8 nitrogen and oxygen atoms in total. The van der Waals surface area contributed by atoms with Crippen LogP contribution in [0, 0.1) is 6.92 Å². The molecular formula is C25H30N4O4. The highest BCUT2D eigenvalue weighted by molar-refractivity contribution is 5.96. The highest BCUT2D eigenvalue weighted by atomic mass is 16.6. The highest BCUT2D eigenvalue weighted by Gasteiger charge is 2.34. The number of cyclic esters (lactones) is 1. The van der Waals surface area contributed by atoms with Gasteiger partial charge in [0.1, 0.15) is 12.4 Å². The molecule has 5 rings (SSSR count). The van der Waals surface area contributed by atoms with E-state index in [1.165, 1.54) is 24.0 Å². The average molecular weight is 451 g/mol. The normalized spacial score (nSPS) is 20.8. The first-order valence-electron chi connectivity index (χ1n) is 11.6. The van der Waals surface area contributed by atoms with E-state index in [1.807, 2.05) is 11.1 Å². The second-order valence-corrected chi connectivity index (χ2v) is 9.07. The van der Waals surface area contributed by atoms with E-state index in [1.54, 1.807) is 36.3 Å². The molecule has 3 aliphatic rings. The van der Waals surface area contributed by atoms with Gasteiger partial charge in [-0.05, 0) is 61.1 Å². The van der Waals surface area contributed by atoms with Gasteiger partial charge in [0.15, 0.2) is 0 Å². The zero-order valence-corrected chi connectivity index (χ0v) is 19.2. The van der Waals surface area contributed by atoms with Gasteiger partial charge in [-0.25, -0.2) is 9.78 Å². The predicted molar refractivity (Wildman–Crippen MR) is 125 cm³/mol. The third-order valence-corrected chi connectivity index (χ3v) is 6.70. The van der Waals surface area contributed by atoms with E-state index >= 15 is 0 Å². The molecule has 2 saturated heterocycles. The van der Waals surface area contributed by atoms with Gasteiger partial charge < -0.3 is 19.3 Å². The maximum absolute atomic E-state index is 13.1. The van der Waals surface area contributed by atoms with E-state index in [9.17, 15) is 9.59 Å². The van der Waals surface area contributed by atoms with E-state index < -0.39 is 0 Å². The highest BCUT2D eigenvalue weighted by Crippen LogP contribution is 2.40. The molecule has 3 heterocycles. The molecule has 0 bridgehead atoms. The van der Waals surface area contributed by atoms with Crippen LogP contribution in [0.1, 0.15) is 40.2 Å². The second kappa shape index (κ2) is 9.02. The number of aryl methyl sites for hydroxylation is 1. The van der Waals surface area contributed by atoms with Crippen LogP contribution in [0.15, 0.2) is 36.5 Å². The van der Waals surface area contributed by atoms with E-state index in [0.29, 0.717) is 43.5 Å². The lowest BCUT2D eigenvalue weighted by Gasteiger charge is -2.36. The topological polar surface area (TPSA) is 75.2 Å². The van der Waals surface area contributed by atoms with Crippen molar-refractivity contribution in [3.63, 3.8) is 0 Å².